The molecule has 1 N–H and O–H groups in total. The highest BCUT2D eigenvalue weighted by molar-refractivity contribution is 7.09. The molecule has 0 saturated carbocycles. The Balaban J connectivity index is 1.70. The summed E-state index contributed by atoms with van der Waals surface area (Å²) in [4.78, 5) is 22.6. The maximum atomic E-state index is 12.6. The van der Waals surface area contributed by atoms with Gasteiger partial charge in [0.05, 0.1) is 12.2 Å². The molecular formula is C20H19N5OS. The molecular weight excluding hydrogens is 358 g/mol. The Morgan fingerprint density at radius 3 is 2.78 bits per heavy atom. The van der Waals surface area contributed by atoms with Gasteiger partial charge >= 0.3 is 0 Å². The lowest BCUT2D eigenvalue weighted by Crippen LogP contribution is -2.24. The van der Waals surface area contributed by atoms with E-state index in [-0.39, 0.29) is 11.8 Å². The molecule has 27 heavy (non-hydrogen) atoms. The Kier molecular flexibility index (Phi) is 4.68. The van der Waals surface area contributed by atoms with Gasteiger partial charge in [-0.2, -0.15) is 5.10 Å². The van der Waals surface area contributed by atoms with Crippen LogP contribution in [-0.2, 0) is 6.54 Å². The SMILES string of the molecule is CC(C)c1cc(C(=O)NCc2cccs2)nc2cc(-c3ccccn3)nn12. The lowest BCUT2D eigenvalue weighted by Gasteiger charge is -2.10. The number of fused-ring (bicyclic) bond motifs is 1. The lowest BCUT2D eigenvalue weighted by molar-refractivity contribution is 0.0946. The van der Waals surface area contributed by atoms with Crippen LogP contribution in [0.25, 0.3) is 17.0 Å². The van der Waals surface area contributed by atoms with Crippen molar-refractivity contribution in [1.29, 1.82) is 0 Å². The van der Waals surface area contributed by atoms with Crippen molar-refractivity contribution in [3.63, 3.8) is 0 Å². The second-order valence-corrected chi connectivity index (χ2v) is 7.53. The molecule has 0 bridgehead atoms. The van der Waals surface area contributed by atoms with Crippen LogP contribution in [0.3, 0.4) is 0 Å². The molecule has 7 heteroatoms. The minimum atomic E-state index is -0.187. The van der Waals surface area contributed by atoms with Gasteiger partial charge in [-0.1, -0.05) is 26.0 Å². The first-order valence-electron chi connectivity index (χ1n) is 8.74. The summed E-state index contributed by atoms with van der Waals surface area (Å²) in [5.41, 5.74) is 3.49. The third-order valence-corrected chi connectivity index (χ3v) is 5.09. The van der Waals surface area contributed by atoms with Crippen LogP contribution in [0.15, 0.2) is 54.0 Å². The van der Waals surface area contributed by atoms with Crippen LogP contribution >= 0.6 is 11.3 Å². The van der Waals surface area contributed by atoms with Crippen molar-refractivity contribution in [1.82, 2.24) is 24.9 Å². The lowest BCUT2D eigenvalue weighted by atomic mass is 10.1. The highest BCUT2D eigenvalue weighted by Gasteiger charge is 2.17. The molecule has 4 rings (SSSR count). The van der Waals surface area contributed by atoms with E-state index in [0.29, 0.717) is 17.9 Å². The summed E-state index contributed by atoms with van der Waals surface area (Å²) < 4.78 is 1.80. The predicted molar refractivity (Wildman–Crippen MR) is 106 cm³/mol. The minimum absolute atomic E-state index is 0.187. The molecule has 0 unspecified atom stereocenters. The first-order valence-corrected chi connectivity index (χ1v) is 9.62. The summed E-state index contributed by atoms with van der Waals surface area (Å²) in [7, 11) is 0. The quantitative estimate of drug-likeness (QED) is 0.572. The average molecular weight is 377 g/mol. The second kappa shape index (κ2) is 7.28. The number of hydrogen-bond acceptors (Lipinski definition) is 5. The second-order valence-electron chi connectivity index (χ2n) is 6.50. The largest absolute Gasteiger partial charge is 0.346 e. The molecule has 0 aliphatic rings. The molecule has 4 aromatic rings. The zero-order valence-corrected chi connectivity index (χ0v) is 15.9. The zero-order valence-electron chi connectivity index (χ0n) is 15.1. The monoisotopic (exact) mass is 377 g/mol. The van der Waals surface area contributed by atoms with Crippen molar-refractivity contribution in [2.45, 2.75) is 26.3 Å². The van der Waals surface area contributed by atoms with Crippen molar-refractivity contribution in [3.8, 4) is 11.4 Å². The number of amides is 1. The van der Waals surface area contributed by atoms with E-state index in [1.54, 1.807) is 22.0 Å². The number of nitrogens with zero attached hydrogens (tertiary/aromatic N) is 4. The third-order valence-electron chi connectivity index (χ3n) is 4.21. The zero-order chi connectivity index (χ0) is 18.8. The normalized spacial score (nSPS) is 11.2. The van der Waals surface area contributed by atoms with Crippen molar-refractivity contribution >= 4 is 22.9 Å². The van der Waals surface area contributed by atoms with E-state index < -0.39 is 0 Å². The number of aromatic nitrogens is 4. The molecule has 0 aliphatic heterocycles. The van der Waals surface area contributed by atoms with Crippen LogP contribution in [0.1, 0.15) is 40.8 Å². The van der Waals surface area contributed by atoms with Gasteiger partial charge in [-0.05, 0) is 35.6 Å². The Morgan fingerprint density at radius 1 is 1.19 bits per heavy atom. The molecule has 0 aliphatic carbocycles. The summed E-state index contributed by atoms with van der Waals surface area (Å²) in [5.74, 6) is 0.00390. The number of carbonyl (C=O) groups excluding carboxylic acids is 1. The molecule has 4 heterocycles. The van der Waals surface area contributed by atoms with Gasteiger partial charge in [0.1, 0.15) is 11.4 Å². The first kappa shape index (κ1) is 17.4. The van der Waals surface area contributed by atoms with Crippen LogP contribution in [0.5, 0.6) is 0 Å². The molecule has 6 nitrogen and oxygen atoms in total. The highest BCUT2D eigenvalue weighted by Crippen LogP contribution is 2.22. The van der Waals surface area contributed by atoms with Crippen molar-refractivity contribution in [3.05, 3.63) is 70.3 Å². The molecule has 0 radical (unpaired) electrons. The molecule has 0 spiro atoms. The van der Waals surface area contributed by atoms with Gasteiger partial charge in [0.15, 0.2) is 5.65 Å². The van der Waals surface area contributed by atoms with Gasteiger partial charge in [0.25, 0.3) is 5.91 Å². The van der Waals surface area contributed by atoms with E-state index in [0.717, 1.165) is 22.0 Å². The predicted octanol–water partition coefficient (Wildman–Crippen LogP) is 3.91. The molecule has 4 aromatic heterocycles. The molecule has 0 aromatic carbocycles. The maximum absolute atomic E-state index is 12.6. The van der Waals surface area contributed by atoms with E-state index >= 15 is 0 Å². The van der Waals surface area contributed by atoms with E-state index in [2.05, 4.69) is 34.2 Å². The number of pyridine rings is 1. The summed E-state index contributed by atoms with van der Waals surface area (Å²) in [6.45, 7) is 4.65. The molecule has 0 fully saturated rings. The summed E-state index contributed by atoms with van der Waals surface area (Å²) in [5, 5.41) is 9.58. The van der Waals surface area contributed by atoms with Gasteiger partial charge < -0.3 is 5.32 Å². The van der Waals surface area contributed by atoms with Crippen molar-refractivity contribution < 1.29 is 4.79 Å². The van der Waals surface area contributed by atoms with Crippen LogP contribution in [0.2, 0.25) is 0 Å². The summed E-state index contributed by atoms with van der Waals surface area (Å²) >= 11 is 1.62. The van der Waals surface area contributed by atoms with Gasteiger partial charge in [-0.3, -0.25) is 9.78 Å². The molecule has 0 atom stereocenters. The van der Waals surface area contributed by atoms with E-state index in [1.165, 1.54) is 0 Å². The standard InChI is InChI=1S/C20H19N5OS/c1-13(2)18-10-17(20(26)22-12-14-6-5-9-27-14)23-19-11-16(24-25(18)19)15-7-3-4-8-21-15/h3-11,13H,12H2,1-2H3,(H,22,26). The van der Waals surface area contributed by atoms with Gasteiger partial charge in [0.2, 0.25) is 0 Å². The Bertz CT molecular complexity index is 1070. The Labute approximate surface area is 160 Å². The van der Waals surface area contributed by atoms with Crippen molar-refractivity contribution in [2.24, 2.45) is 0 Å². The fraction of sp³-hybridized carbons (Fsp3) is 0.200. The highest BCUT2D eigenvalue weighted by atomic mass is 32.1. The topological polar surface area (TPSA) is 72.2 Å². The van der Waals surface area contributed by atoms with Crippen LogP contribution in [-0.4, -0.2) is 25.5 Å². The fourth-order valence-electron chi connectivity index (χ4n) is 2.84. The first-order chi connectivity index (χ1) is 13.1. The fourth-order valence-corrected chi connectivity index (χ4v) is 3.48. The molecule has 136 valence electrons. The number of hydrogen-bond donors (Lipinski definition) is 1. The average Bonchev–Trinajstić information content (AvgIpc) is 3.35. The summed E-state index contributed by atoms with van der Waals surface area (Å²) in [6.07, 6.45) is 1.74. The Hall–Kier alpha value is -3.06. The van der Waals surface area contributed by atoms with Gasteiger partial charge in [-0.15, -0.1) is 11.3 Å². The number of rotatable bonds is 5. The van der Waals surface area contributed by atoms with Crippen LogP contribution in [0, 0.1) is 0 Å². The minimum Gasteiger partial charge on any atom is -0.346 e. The van der Waals surface area contributed by atoms with Gasteiger partial charge in [0, 0.05) is 22.8 Å². The van der Waals surface area contributed by atoms with Crippen LogP contribution in [0.4, 0.5) is 0 Å². The van der Waals surface area contributed by atoms with E-state index in [1.807, 2.05) is 47.8 Å². The molecule has 1 amide bonds. The van der Waals surface area contributed by atoms with E-state index in [4.69, 9.17) is 0 Å². The summed E-state index contributed by atoms with van der Waals surface area (Å²) in [6, 6.07) is 13.3. The maximum Gasteiger partial charge on any atom is 0.270 e. The smallest absolute Gasteiger partial charge is 0.270 e. The van der Waals surface area contributed by atoms with Gasteiger partial charge in [-0.25, -0.2) is 9.50 Å². The number of nitrogens with one attached hydrogen (secondary N) is 1. The van der Waals surface area contributed by atoms with E-state index in [9.17, 15) is 4.79 Å². The number of thiophene rings is 1. The third kappa shape index (κ3) is 3.59. The number of carbonyl (C=O) groups is 1. The Morgan fingerprint density at radius 2 is 2.07 bits per heavy atom. The van der Waals surface area contributed by atoms with Crippen molar-refractivity contribution in [2.75, 3.05) is 0 Å². The molecule has 0 saturated heterocycles. The van der Waals surface area contributed by atoms with Crippen LogP contribution < -0.4 is 5.32 Å².